The van der Waals surface area contributed by atoms with Crippen molar-refractivity contribution in [3.8, 4) is 11.5 Å². The second-order valence-corrected chi connectivity index (χ2v) is 2.98. The van der Waals surface area contributed by atoms with Crippen molar-refractivity contribution in [3.63, 3.8) is 0 Å². The van der Waals surface area contributed by atoms with Gasteiger partial charge in [0.1, 0.15) is 0 Å². The highest BCUT2D eigenvalue weighted by Crippen LogP contribution is 2.16. The quantitative estimate of drug-likeness (QED) is 0.583. The number of Topliss-reactive ketones (excluding diaryl/α,β-unsaturated/α-hetero) is 1. The van der Waals surface area contributed by atoms with Gasteiger partial charge >= 0.3 is 0 Å². The molecule has 0 aliphatic rings. The van der Waals surface area contributed by atoms with Crippen molar-refractivity contribution < 1.29 is 9.21 Å². The molecule has 0 aromatic carbocycles. The Bertz CT molecular complexity index is 469. The van der Waals surface area contributed by atoms with Crippen LogP contribution in [0.4, 0.5) is 0 Å². The Morgan fingerprint density at radius 1 is 1.47 bits per heavy atom. The summed E-state index contributed by atoms with van der Waals surface area (Å²) in [5.74, 6) is -0.381. The molecule has 2 aromatic heterocycles. The number of carbonyl (C=O) groups is 1. The largest absolute Gasteiger partial charge is 0.413 e. The van der Waals surface area contributed by atoms with E-state index < -0.39 is 0 Å². The van der Waals surface area contributed by atoms with Crippen LogP contribution in [-0.2, 0) is 0 Å². The lowest BCUT2D eigenvalue weighted by molar-refractivity contribution is 0.0985. The summed E-state index contributed by atoms with van der Waals surface area (Å²) in [6.45, 7) is 0. The van der Waals surface area contributed by atoms with Gasteiger partial charge in [-0.3, -0.25) is 9.78 Å². The summed E-state index contributed by atoms with van der Waals surface area (Å²) in [5.41, 5.74) is 0.665. The summed E-state index contributed by atoms with van der Waals surface area (Å²) >= 11 is 5.35. The maximum atomic E-state index is 11.1. The van der Waals surface area contributed by atoms with E-state index in [1.54, 1.807) is 24.5 Å². The summed E-state index contributed by atoms with van der Waals surface area (Å²) in [4.78, 5) is 15.0. The van der Waals surface area contributed by atoms with E-state index in [2.05, 4.69) is 15.2 Å². The van der Waals surface area contributed by atoms with Gasteiger partial charge in [0.2, 0.25) is 11.7 Å². The zero-order chi connectivity index (χ0) is 10.7. The lowest BCUT2D eigenvalue weighted by Gasteiger charge is -1.90. The van der Waals surface area contributed by atoms with Crippen LogP contribution in [0, 0.1) is 0 Å². The van der Waals surface area contributed by atoms with Crippen LogP contribution in [0.1, 0.15) is 10.7 Å². The third-order valence-electron chi connectivity index (χ3n) is 1.69. The predicted octanol–water partition coefficient (Wildman–Crippen LogP) is 1.55. The van der Waals surface area contributed by atoms with Crippen LogP contribution in [0.2, 0.25) is 0 Å². The standard InChI is InChI=1S/C9H6ClN3O2/c10-4-7(14)9-13-12-8(15-9)6-2-1-3-11-5-6/h1-3,5H,4H2. The van der Waals surface area contributed by atoms with Crippen molar-refractivity contribution in [3.05, 3.63) is 30.4 Å². The summed E-state index contributed by atoms with van der Waals surface area (Å²) in [6, 6.07) is 3.50. The van der Waals surface area contributed by atoms with Gasteiger partial charge in [0.25, 0.3) is 5.89 Å². The van der Waals surface area contributed by atoms with E-state index in [1.165, 1.54) is 0 Å². The minimum absolute atomic E-state index is 0.0798. The first-order valence-electron chi connectivity index (χ1n) is 4.14. The first-order chi connectivity index (χ1) is 7.31. The molecule has 76 valence electrons. The Balaban J connectivity index is 2.32. The highest BCUT2D eigenvalue weighted by molar-refractivity contribution is 6.29. The lowest BCUT2D eigenvalue weighted by Crippen LogP contribution is -1.99. The Hall–Kier alpha value is -1.75. The first kappa shape index (κ1) is 9.79. The Labute approximate surface area is 90.1 Å². The molecule has 0 fully saturated rings. The van der Waals surface area contributed by atoms with Crippen LogP contribution < -0.4 is 0 Å². The van der Waals surface area contributed by atoms with Gasteiger partial charge in [0.15, 0.2) is 0 Å². The van der Waals surface area contributed by atoms with E-state index in [0.29, 0.717) is 5.56 Å². The molecule has 0 saturated carbocycles. The Morgan fingerprint density at radius 2 is 2.33 bits per heavy atom. The third kappa shape index (κ3) is 2.02. The summed E-state index contributed by atoms with van der Waals surface area (Å²) in [5, 5.41) is 7.30. The van der Waals surface area contributed by atoms with Gasteiger partial charge in [0.05, 0.1) is 11.4 Å². The van der Waals surface area contributed by atoms with Gasteiger partial charge in [-0.05, 0) is 12.1 Å². The fourth-order valence-electron chi connectivity index (χ4n) is 0.999. The van der Waals surface area contributed by atoms with E-state index in [1.807, 2.05) is 0 Å². The van der Waals surface area contributed by atoms with Crippen LogP contribution >= 0.6 is 11.6 Å². The zero-order valence-electron chi connectivity index (χ0n) is 7.55. The highest BCUT2D eigenvalue weighted by Gasteiger charge is 2.14. The molecule has 0 bridgehead atoms. The topological polar surface area (TPSA) is 68.9 Å². The van der Waals surface area contributed by atoms with Crippen molar-refractivity contribution in [1.29, 1.82) is 0 Å². The third-order valence-corrected chi connectivity index (χ3v) is 1.94. The van der Waals surface area contributed by atoms with E-state index in [0.717, 1.165) is 0 Å². The second-order valence-electron chi connectivity index (χ2n) is 2.71. The van der Waals surface area contributed by atoms with Crippen molar-refractivity contribution in [2.24, 2.45) is 0 Å². The smallest absolute Gasteiger partial charge is 0.285 e. The predicted molar refractivity (Wildman–Crippen MR) is 52.6 cm³/mol. The fraction of sp³-hybridized carbons (Fsp3) is 0.111. The van der Waals surface area contributed by atoms with Gasteiger partial charge in [-0.15, -0.1) is 21.8 Å². The fourth-order valence-corrected chi connectivity index (χ4v) is 1.11. The first-order valence-corrected chi connectivity index (χ1v) is 4.68. The average molecular weight is 224 g/mol. The van der Waals surface area contributed by atoms with Crippen LogP contribution in [0.3, 0.4) is 0 Å². The molecule has 0 aliphatic heterocycles. The molecule has 2 rings (SSSR count). The minimum Gasteiger partial charge on any atom is -0.413 e. The second kappa shape index (κ2) is 4.18. The maximum Gasteiger partial charge on any atom is 0.285 e. The van der Waals surface area contributed by atoms with Crippen LogP contribution in [0.25, 0.3) is 11.5 Å². The normalized spacial score (nSPS) is 10.2. The van der Waals surface area contributed by atoms with Crippen molar-refractivity contribution >= 4 is 17.4 Å². The average Bonchev–Trinajstić information content (AvgIpc) is 2.78. The van der Waals surface area contributed by atoms with Gasteiger partial charge in [0, 0.05) is 12.4 Å². The number of nitrogens with zero attached hydrogens (tertiary/aromatic N) is 3. The van der Waals surface area contributed by atoms with Crippen LogP contribution in [0.15, 0.2) is 28.9 Å². The van der Waals surface area contributed by atoms with E-state index in [-0.39, 0.29) is 23.4 Å². The van der Waals surface area contributed by atoms with Crippen molar-refractivity contribution in [2.45, 2.75) is 0 Å². The number of rotatable bonds is 3. The SMILES string of the molecule is O=C(CCl)c1nnc(-c2cccnc2)o1. The Morgan fingerprint density at radius 3 is 3.00 bits per heavy atom. The molecule has 2 heterocycles. The van der Waals surface area contributed by atoms with Gasteiger partial charge in [-0.2, -0.15) is 0 Å². The van der Waals surface area contributed by atoms with Crippen molar-refractivity contribution in [1.82, 2.24) is 15.2 Å². The molecule has 2 aromatic rings. The van der Waals surface area contributed by atoms with Gasteiger partial charge in [-0.1, -0.05) is 0 Å². The molecule has 6 heteroatoms. The molecule has 0 amide bonds. The maximum absolute atomic E-state index is 11.1. The molecule has 0 unspecified atom stereocenters. The summed E-state index contributed by atoms with van der Waals surface area (Å²) in [6.07, 6.45) is 3.20. The number of hydrogen-bond acceptors (Lipinski definition) is 5. The monoisotopic (exact) mass is 223 g/mol. The van der Waals surface area contributed by atoms with Gasteiger partial charge in [-0.25, -0.2) is 0 Å². The minimum atomic E-state index is -0.390. The molecule has 0 N–H and O–H groups in total. The number of hydrogen-bond donors (Lipinski definition) is 0. The number of pyridine rings is 1. The molecular weight excluding hydrogens is 218 g/mol. The molecule has 0 saturated heterocycles. The number of carbonyl (C=O) groups excluding carboxylic acids is 1. The van der Waals surface area contributed by atoms with E-state index in [9.17, 15) is 4.79 Å². The highest BCUT2D eigenvalue weighted by atomic mass is 35.5. The molecule has 15 heavy (non-hydrogen) atoms. The van der Waals surface area contributed by atoms with E-state index >= 15 is 0 Å². The molecule has 0 aliphatic carbocycles. The van der Waals surface area contributed by atoms with Crippen LogP contribution in [0.5, 0.6) is 0 Å². The number of halogens is 1. The molecule has 0 spiro atoms. The summed E-state index contributed by atoms with van der Waals surface area (Å²) < 4.78 is 5.13. The molecule has 0 atom stereocenters. The van der Waals surface area contributed by atoms with Gasteiger partial charge < -0.3 is 4.42 Å². The molecule has 0 radical (unpaired) electrons. The lowest BCUT2D eigenvalue weighted by atomic mass is 10.3. The zero-order valence-corrected chi connectivity index (χ0v) is 8.31. The van der Waals surface area contributed by atoms with Crippen LogP contribution in [-0.4, -0.2) is 26.8 Å². The number of ketones is 1. The number of alkyl halides is 1. The Kier molecular flexibility index (Phi) is 2.73. The molecule has 5 nitrogen and oxygen atoms in total. The number of aromatic nitrogens is 3. The van der Waals surface area contributed by atoms with E-state index in [4.69, 9.17) is 16.0 Å². The van der Waals surface area contributed by atoms with Crippen molar-refractivity contribution in [2.75, 3.05) is 5.88 Å². The summed E-state index contributed by atoms with van der Waals surface area (Å²) in [7, 11) is 0. The molecular formula is C9H6ClN3O2.